The van der Waals surface area contributed by atoms with Gasteiger partial charge < -0.3 is 24.5 Å². The second kappa shape index (κ2) is 6.69. The van der Waals surface area contributed by atoms with Crippen LogP contribution in [0.2, 0.25) is 5.82 Å². The highest BCUT2D eigenvalue weighted by molar-refractivity contribution is 6.48. The van der Waals surface area contributed by atoms with Crippen molar-refractivity contribution in [2.45, 2.75) is 77.5 Å². The molecular formula is C15H28BNO6. The number of carbonyl (C=O) groups excluding carboxylic acids is 1. The van der Waals surface area contributed by atoms with Gasteiger partial charge in [-0.15, -0.1) is 0 Å². The quantitative estimate of drug-likeness (QED) is 0.753. The molecule has 132 valence electrons. The monoisotopic (exact) mass is 329 g/mol. The van der Waals surface area contributed by atoms with Crippen LogP contribution < -0.4 is 5.32 Å². The predicted molar refractivity (Wildman–Crippen MR) is 86.3 cm³/mol. The van der Waals surface area contributed by atoms with E-state index in [1.165, 1.54) is 0 Å². The first-order valence-corrected chi connectivity index (χ1v) is 7.78. The van der Waals surface area contributed by atoms with Gasteiger partial charge in [0, 0.05) is 18.8 Å². The van der Waals surface area contributed by atoms with E-state index in [0.717, 1.165) is 0 Å². The Morgan fingerprint density at radius 1 is 1.17 bits per heavy atom. The summed E-state index contributed by atoms with van der Waals surface area (Å²) >= 11 is 0. The van der Waals surface area contributed by atoms with E-state index in [1.807, 2.05) is 27.7 Å². The van der Waals surface area contributed by atoms with Gasteiger partial charge in [-0.1, -0.05) is 0 Å². The van der Waals surface area contributed by atoms with E-state index in [0.29, 0.717) is 0 Å². The largest absolute Gasteiger partial charge is 0.481 e. The van der Waals surface area contributed by atoms with E-state index < -0.39 is 41.8 Å². The van der Waals surface area contributed by atoms with Gasteiger partial charge in [0.2, 0.25) is 0 Å². The third-order valence-corrected chi connectivity index (χ3v) is 4.00. The summed E-state index contributed by atoms with van der Waals surface area (Å²) in [5, 5.41) is 11.7. The lowest BCUT2D eigenvalue weighted by atomic mass is 9.70. The van der Waals surface area contributed by atoms with Crippen molar-refractivity contribution in [1.82, 2.24) is 5.32 Å². The molecule has 0 bridgehead atoms. The minimum atomic E-state index is -0.976. The maximum atomic E-state index is 11.8. The first-order valence-electron chi connectivity index (χ1n) is 7.78. The van der Waals surface area contributed by atoms with Gasteiger partial charge in [-0.25, -0.2) is 4.79 Å². The highest BCUT2D eigenvalue weighted by Crippen LogP contribution is 2.40. The van der Waals surface area contributed by atoms with Gasteiger partial charge in [-0.2, -0.15) is 0 Å². The average Bonchev–Trinajstić information content (AvgIpc) is 2.51. The standard InChI is InChI=1S/C15H28BNO6/c1-13(2,3)21-12(20)17-9-10(8-11(18)19)16-22-14(4,5)15(6,7)23-16/h10H,8-9H2,1-7H3,(H,17,20)(H,18,19). The number of alkyl carbamates (subject to hydrolysis) is 1. The predicted octanol–water partition coefficient (Wildman–Crippen LogP) is 2.45. The van der Waals surface area contributed by atoms with Gasteiger partial charge in [0.1, 0.15) is 5.60 Å². The molecule has 1 fully saturated rings. The van der Waals surface area contributed by atoms with Crippen molar-refractivity contribution < 1.29 is 28.7 Å². The first-order chi connectivity index (χ1) is 10.2. The molecule has 1 rings (SSSR count). The minimum absolute atomic E-state index is 0.0953. The molecule has 1 saturated heterocycles. The molecule has 0 aromatic heterocycles. The molecule has 0 aromatic carbocycles. The molecule has 7 nitrogen and oxygen atoms in total. The van der Waals surface area contributed by atoms with Crippen LogP contribution in [0.5, 0.6) is 0 Å². The van der Waals surface area contributed by atoms with Crippen LogP contribution in [0.4, 0.5) is 4.79 Å². The van der Waals surface area contributed by atoms with E-state index in [1.54, 1.807) is 20.8 Å². The van der Waals surface area contributed by atoms with Crippen molar-refractivity contribution in [3.05, 3.63) is 0 Å². The van der Waals surface area contributed by atoms with E-state index in [9.17, 15) is 9.59 Å². The number of aliphatic carboxylic acids is 1. The smallest absolute Gasteiger partial charge is 0.463 e. The molecule has 0 aromatic rings. The number of carboxylic acid groups (broad SMARTS) is 1. The molecule has 1 heterocycles. The summed E-state index contributed by atoms with van der Waals surface area (Å²) in [6.07, 6.45) is -0.767. The van der Waals surface area contributed by atoms with Crippen LogP contribution >= 0.6 is 0 Å². The van der Waals surface area contributed by atoms with Crippen molar-refractivity contribution in [3.8, 4) is 0 Å². The number of carboxylic acids is 1. The molecule has 2 N–H and O–H groups in total. The molecule has 1 unspecified atom stereocenters. The van der Waals surface area contributed by atoms with E-state index in [4.69, 9.17) is 19.2 Å². The van der Waals surface area contributed by atoms with Gasteiger partial charge in [-0.05, 0) is 48.5 Å². The van der Waals surface area contributed by atoms with Gasteiger partial charge in [0.15, 0.2) is 0 Å². The van der Waals surface area contributed by atoms with Crippen LogP contribution in [0.15, 0.2) is 0 Å². The van der Waals surface area contributed by atoms with Crippen molar-refractivity contribution in [2.24, 2.45) is 0 Å². The van der Waals surface area contributed by atoms with Crippen LogP contribution in [-0.2, 0) is 18.8 Å². The number of nitrogens with one attached hydrogen (secondary N) is 1. The summed E-state index contributed by atoms with van der Waals surface area (Å²) in [6, 6.07) is 0. The van der Waals surface area contributed by atoms with Crippen molar-refractivity contribution >= 4 is 19.2 Å². The Hall–Kier alpha value is -1.28. The number of amides is 1. The van der Waals surface area contributed by atoms with Crippen molar-refractivity contribution in [1.29, 1.82) is 0 Å². The Labute approximate surface area is 138 Å². The Balaban J connectivity index is 2.71. The maximum absolute atomic E-state index is 11.8. The highest BCUT2D eigenvalue weighted by Gasteiger charge is 2.54. The lowest BCUT2D eigenvalue weighted by Gasteiger charge is -2.32. The number of hydrogen-bond donors (Lipinski definition) is 2. The van der Waals surface area contributed by atoms with E-state index in [-0.39, 0.29) is 13.0 Å². The summed E-state index contributed by atoms with van der Waals surface area (Å²) in [5.41, 5.74) is -1.72. The Morgan fingerprint density at radius 3 is 2.04 bits per heavy atom. The molecule has 0 radical (unpaired) electrons. The molecular weight excluding hydrogens is 301 g/mol. The summed E-state index contributed by atoms with van der Waals surface area (Å²) < 4.78 is 16.9. The fourth-order valence-electron chi connectivity index (χ4n) is 2.10. The lowest BCUT2D eigenvalue weighted by Crippen LogP contribution is -2.41. The number of hydrogen-bond acceptors (Lipinski definition) is 5. The van der Waals surface area contributed by atoms with Gasteiger partial charge in [0.25, 0.3) is 0 Å². The molecule has 23 heavy (non-hydrogen) atoms. The fraction of sp³-hybridized carbons (Fsp3) is 0.867. The van der Waals surface area contributed by atoms with Crippen LogP contribution in [0, 0.1) is 0 Å². The van der Waals surface area contributed by atoms with Gasteiger partial charge >= 0.3 is 19.2 Å². The second-order valence-corrected chi connectivity index (χ2v) is 7.87. The zero-order chi connectivity index (χ0) is 18.1. The first kappa shape index (κ1) is 19.8. The highest BCUT2D eigenvalue weighted by atomic mass is 16.7. The van der Waals surface area contributed by atoms with Crippen LogP contribution in [0.1, 0.15) is 54.9 Å². The average molecular weight is 329 g/mol. The normalized spacial score (nSPS) is 20.9. The summed E-state index contributed by atoms with van der Waals surface area (Å²) in [4.78, 5) is 22.9. The minimum Gasteiger partial charge on any atom is -0.481 e. The Morgan fingerprint density at radius 2 is 1.65 bits per heavy atom. The third-order valence-electron chi connectivity index (χ3n) is 4.00. The molecule has 0 saturated carbocycles. The van der Waals surface area contributed by atoms with Crippen molar-refractivity contribution in [3.63, 3.8) is 0 Å². The molecule has 1 atom stereocenters. The molecule has 0 aliphatic carbocycles. The van der Waals surface area contributed by atoms with Crippen molar-refractivity contribution in [2.75, 3.05) is 6.54 Å². The van der Waals surface area contributed by atoms with Crippen LogP contribution in [0.3, 0.4) is 0 Å². The molecule has 1 aliphatic rings. The second-order valence-electron chi connectivity index (χ2n) is 7.87. The van der Waals surface area contributed by atoms with Gasteiger partial charge in [0.05, 0.1) is 11.2 Å². The zero-order valence-electron chi connectivity index (χ0n) is 15.1. The van der Waals surface area contributed by atoms with Crippen LogP contribution in [-0.4, -0.2) is 47.6 Å². The Bertz CT molecular complexity index is 441. The van der Waals surface area contributed by atoms with E-state index >= 15 is 0 Å². The number of ether oxygens (including phenoxy) is 1. The lowest BCUT2D eigenvalue weighted by molar-refractivity contribution is -0.137. The molecule has 8 heteroatoms. The summed E-state index contributed by atoms with van der Waals surface area (Å²) in [7, 11) is -0.703. The fourth-order valence-corrected chi connectivity index (χ4v) is 2.10. The Kier molecular flexibility index (Phi) is 5.75. The van der Waals surface area contributed by atoms with Gasteiger partial charge in [-0.3, -0.25) is 4.79 Å². The number of rotatable bonds is 5. The summed E-state index contributed by atoms with van der Waals surface area (Å²) in [6.45, 7) is 13.0. The molecule has 1 amide bonds. The van der Waals surface area contributed by atoms with Crippen LogP contribution in [0.25, 0.3) is 0 Å². The molecule has 1 aliphatic heterocycles. The van der Waals surface area contributed by atoms with E-state index in [2.05, 4.69) is 5.32 Å². The molecule has 0 spiro atoms. The maximum Gasteiger partial charge on any atom is 0.463 e. The zero-order valence-corrected chi connectivity index (χ0v) is 15.1. The third kappa shape index (κ3) is 5.69. The SMILES string of the molecule is CC(C)(C)OC(=O)NCC(CC(=O)O)B1OC(C)(C)C(C)(C)O1. The summed E-state index contributed by atoms with van der Waals surface area (Å²) in [5.74, 6) is -1.49. The number of carbonyl (C=O) groups is 2. The topological polar surface area (TPSA) is 94.1 Å².